The number of carbonyl (C=O) groups excluding carboxylic acids is 1. The van der Waals surface area contributed by atoms with Crippen molar-refractivity contribution in [2.24, 2.45) is 4.99 Å². The number of thiazole rings is 1. The molecule has 0 aromatic carbocycles. The highest BCUT2D eigenvalue weighted by Gasteiger charge is 2.37. The van der Waals surface area contributed by atoms with Crippen molar-refractivity contribution in [1.29, 1.82) is 0 Å². The largest absolute Gasteiger partial charge is 0.466 e. The third kappa shape index (κ3) is 3.37. The fraction of sp³-hybridized carbons (Fsp3) is 0.294. The van der Waals surface area contributed by atoms with E-state index in [1.807, 2.05) is 23.6 Å². The Morgan fingerprint density at radius 1 is 1.38 bits per heavy atom. The van der Waals surface area contributed by atoms with Gasteiger partial charge in [-0.1, -0.05) is 6.07 Å². The monoisotopic (exact) mass is 387 g/mol. The van der Waals surface area contributed by atoms with E-state index in [4.69, 9.17) is 4.74 Å². The first kappa shape index (κ1) is 17.2. The molecule has 2 aliphatic rings. The Morgan fingerprint density at radius 2 is 2.31 bits per heavy atom. The van der Waals surface area contributed by atoms with Crippen molar-refractivity contribution in [3.05, 3.63) is 52.3 Å². The summed E-state index contributed by atoms with van der Waals surface area (Å²) in [7, 11) is 1.40. The molecule has 0 bridgehead atoms. The molecular weight excluding hydrogens is 370 g/mol. The van der Waals surface area contributed by atoms with Crippen LogP contribution in [0.3, 0.4) is 0 Å². The normalized spacial score (nSPS) is 19.3. The smallest absolute Gasteiger partial charge is 0.337 e. The fourth-order valence-corrected chi connectivity index (χ4v) is 4.38. The van der Waals surface area contributed by atoms with Crippen LogP contribution in [0.2, 0.25) is 0 Å². The van der Waals surface area contributed by atoms with E-state index < -0.39 is 0 Å². The summed E-state index contributed by atoms with van der Waals surface area (Å²) in [5.41, 5.74) is 1.59. The number of nitrogens with one attached hydrogen (secondary N) is 1. The molecule has 1 saturated heterocycles. The van der Waals surface area contributed by atoms with Gasteiger partial charge in [-0.15, -0.1) is 11.3 Å². The zero-order valence-corrected chi connectivity index (χ0v) is 15.7. The van der Waals surface area contributed by atoms with Crippen LogP contribution in [-0.4, -0.2) is 52.9 Å². The Morgan fingerprint density at radius 3 is 3.04 bits per heavy atom. The summed E-state index contributed by atoms with van der Waals surface area (Å²) in [6.45, 7) is 1.04. The molecule has 0 spiro atoms. The fourth-order valence-electron chi connectivity index (χ4n) is 3.02. The van der Waals surface area contributed by atoms with Crippen molar-refractivity contribution < 1.29 is 9.53 Å². The van der Waals surface area contributed by atoms with Gasteiger partial charge in [-0.3, -0.25) is 9.71 Å². The van der Waals surface area contributed by atoms with Gasteiger partial charge in [0.2, 0.25) is 0 Å². The van der Waals surface area contributed by atoms with Gasteiger partial charge >= 0.3 is 5.97 Å². The number of esters is 1. The van der Waals surface area contributed by atoms with Crippen molar-refractivity contribution in [2.45, 2.75) is 17.5 Å². The predicted molar refractivity (Wildman–Crippen MR) is 101 cm³/mol. The van der Waals surface area contributed by atoms with E-state index in [9.17, 15) is 4.79 Å². The minimum absolute atomic E-state index is 0.167. The van der Waals surface area contributed by atoms with Crippen LogP contribution in [0.5, 0.6) is 0 Å². The van der Waals surface area contributed by atoms with Crippen LogP contribution >= 0.6 is 23.3 Å². The number of hydrogen-bond donors (Lipinski definition) is 1. The maximum atomic E-state index is 12.2. The molecule has 7 nitrogen and oxygen atoms in total. The highest BCUT2D eigenvalue weighted by Crippen LogP contribution is 2.32. The van der Waals surface area contributed by atoms with Crippen molar-refractivity contribution in [2.75, 3.05) is 20.2 Å². The third-order valence-electron chi connectivity index (χ3n) is 4.18. The quantitative estimate of drug-likeness (QED) is 0.622. The first-order valence-corrected chi connectivity index (χ1v) is 9.81. The highest BCUT2D eigenvalue weighted by atomic mass is 32.2. The molecule has 1 N–H and O–H groups in total. The van der Waals surface area contributed by atoms with Crippen molar-refractivity contribution in [3.63, 3.8) is 0 Å². The van der Waals surface area contributed by atoms with E-state index in [-0.39, 0.29) is 12.0 Å². The van der Waals surface area contributed by atoms with Crippen molar-refractivity contribution in [3.8, 4) is 0 Å². The van der Waals surface area contributed by atoms with E-state index >= 15 is 0 Å². The second kappa shape index (κ2) is 7.56. The van der Waals surface area contributed by atoms with Gasteiger partial charge in [0.05, 0.1) is 19.2 Å². The van der Waals surface area contributed by atoms with Crippen LogP contribution in [0.4, 0.5) is 0 Å². The van der Waals surface area contributed by atoms with Gasteiger partial charge in [-0.2, -0.15) is 0 Å². The molecule has 26 heavy (non-hydrogen) atoms. The maximum absolute atomic E-state index is 12.2. The molecule has 0 radical (unpaired) electrons. The zero-order valence-electron chi connectivity index (χ0n) is 14.1. The Balaban J connectivity index is 1.55. The number of amidine groups is 1. The number of ether oxygens (including phenoxy) is 1. The molecule has 2 aliphatic heterocycles. The van der Waals surface area contributed by atoms with Gasteiger partial charge in [-0.25, -0.2) is 14.8 Å². The molecule has 0 amide bonds. The summed E-state index contributed by atoms with van der Waals surface area (Å²) in [4.78, 5) is 27.5. The number of rotatable bonds is 5. The Kier molecular flexibility index (Phi) is 5.00. The van der Waals surface area contributed by atoms with Crippen LogP contribution in [0.25, 0.3) is 0 Å². The molecule has 2 aromatic heterocycles. The number of pyridine rings is 1. The average molecular weight is 387 g/mol. The van der Waals surface area contributed by atoms with Crippen LogP contribution < -0.4 is 4.72 Å². The van der Waals surface area contributed by atoms with E-state index in [1.54, 1.807) is 23.7 Å². The first-order chi connectivity index (χ1) is 12.8. The summed E-state index contributed by atoms with van der Waals surface area (Å²) in [5, 5.41) is 3.71. The lowest BCUT2D eigenvalue weighted by atomic mass is 10.1. The van der Waals surface area contributed by atoms with Gasteiger partial charge in [0.25, 0.3) is 0 Å². The molecule has 1 unspecified atom stereocenters. The van der Waals surface area contributed by atoms with E-state index in [1.165, 1.54) is 19.1 Å². The van der Waals surface area contributed by atoms with Gasteiger partial charge in [0, 0.05) is 42.5 Å². The lowest BCUT2D eigenvalue weighted by molar-refractivity contribution is -0.136. The van der Waals surface area contributed by atoms with Gasteiger partial charge in [-0.05, 0) is 24.1 Å². The Hall–Kier alpha value is -2.23. The van der Waals surface area contributed by atoms with Gasteiger partial charge < -0.3 is 9.64 Å². The lowest BCUT2D eigenvalue weighted by Gasteiger charge is -2.26. The summed E-state index contributed by atoms with van der Waals surface area (Å²) in [6.07, 6.45) is 4.27. The van der Waals surface area contributed by atoms with Gasteiger partial charge in [0.15, 0.2) is 10.8 Å². The molecule has 0 aliphatic carbocycles. The topological polar surface area (TPSA) is 79.7 Å². The lowest BCUT2D eigenvalue weighted by Crippen LogP contribution is -2.36. The molecule has 1 atom stereocenters. The SMILES string of the molecule is COC(=O)C1=C2CC(NSc3ccccn3)CN2C(c2nccs2)=NC1. The summed E-state index contributed by atoms with van der Waals surface area (Å²) in [5.74, 6) is 0.514. The zero-order chi connectivity index (χ0) is 17.9. The average Bonchev–Trinajstić information content (AvgIpc) is 3.35. The maximum Gasteiger partial charge on any atom is 0.337 e. The molecule has 134 valence electrons. The van der Waals surface area contributed by atoms with E-state index in [0.29, 0.717) is 18.7 Å². The number of carbonyl (C=O) groups is 1. The van der Waals surface area contributed by atoms with Gasteiger partial charge in [0.1, 0.15) is 5.03 Å². The van der Waals surface area contributed by atoms with Crippen LogP contribution in [-0.2, 0) is 9.53 Å². The predicted octanol–water partition coefficient (Wildman–Crippen LogP) is 2.10. The van der Waals surface area contributed by atoms with E-state index in [0.717, 1.165) is 28.0 Å². The Bertz CT molecular complexity index is 851. The molecule has 1 fully saturated rings. The van der Waals surface area contributed by atoms with Crippen LogP contribution in [0.15, 0.2) is 57.3 Å². The summed E-state index contributed by atoms with van der Waals surface area (Å²) >= 11 is 3.05. The van der Waals surface area contributed by atoms with Crippen LogP contribution in [0.1, 0.15) is 11.4 Å². The second-order valence-electron chi connectivity index (χ2n) is 5.79. The number of fused-ring (bicyclic) bond motifs is 1. The number of methoxy groups -OCH3 is 1. The number of nitrogens with zero attached hydrogens (tertiary/aromatic N) is 4. The molecule has 4 rings (SSSR count). The van der Waals surface area contributed by atoms with Crippen LogP contribution in [0, 0.1) is 0 Å². The minimum atomic E-state index is -0.315. The molecular formula is C17H17N5O2S2. The molecule has 2 aromatic rings. The highest BCUT2D eigenvalue weighted by molar-refractivity contribution is 7.97. The van der Waals surface area contributed by atoms with E-state index in [2.05, 4.69) is 24.6 Å². The summed E-state index contributed by atoms with van der Waals surface area (Å²) < 4.78 is 8.40. The first-order valence-electron chi connectivity index (χ1n) is 8.12. The standard InChI is InChI=1S/C17H17N5O2S2/c1-24-17(23)12-9-20-15(16-19-6-7-25-16)22-10-11(8-13(12)22)21-26-14-4-2-3-5-18-14/h2-7,11,21H,8-10H2,1H3. The third-order valence-corrected chi connectivity index (χ3v) is 5.85. The number of aromatic nitrogens is 2. The number of aliphatic imine (C=N–C) groups is 1. The van der Waals surface area contributed by atoms with Crippen molar-refractivity contribution >= 4 is 35.1 Å². The van der Waals surface area contributed by atoms with Crippen molar-refractivity contribution in [1.82, 2.24) is 19.6 Å². The molecule has 4 heterocycles. The summed E-state index contributed by atoms with van der Waals surface area (Å²) in [6, 6.07) is 5.98. The second-order valence-corrected chi connectivity index (χ2v) is 7.55. The molecule has 9 heteroatoms. The number of hydrogen-bond acceptors (Lipinski definition) is 9. The molecule has 0 saturated carbocycles. The Labute approximate surface area is 159 Å². The minimum Gasteiger partial charge on any atom is -0.466 e.